The number of aromatic nitrogens is 1. The summed E-state index contributed by atoms with van der Waals surface area (Å²) in [6, 6.07) is 9.87. The normalized spacial score (nSPS) is 12.8. The summed E-state index contributed by atoms with van der Waals surface area (Å²) in [5, 5.41) is -0.526. The van der Waals surface area contributed by atoms with Gasteiger partial charge < -0.3 is 4.42 Å². The van der Waals surface area contributed by atoms with E-state index >= 15 is 0 Å². The first-order valence-corrected chi connectivity index (χ1v) is 6.99. The van der Waals surface area contributed by atoms with Crippen LogP contribution in [0.2, 0.25) is 0 Å². The van der Waals surface area contributed by atoms with E-state index in [0.717, 1.165) is 5.56 Å². The minimum atomic E-state index is -0.526. The monoisotopic (exact) mass is 355 g/mol. The van der Waals surface area contributed by atoms with Gasteiger partial charge in [-0.2, -0.15) is 0 Å². The molecule has 3 nitrogen and oxygen atoms in total. The minimum absolute atomic E-state index is 0.373. The average Bonchev–Trinajstić information content (AvgIpc) is 2.80. The Kier molecular flexibility index (Phi) is 3.40. The molecule has 1 atom stereocenters. The molecule has 0 saturated heterocycles. The van der Waals surface area contributed by atoms with Crippen molar-refractivity contribution in [1.29, 1.82) is 0 Å². The van der Waals surface area contributed by atoms with Crippen molar-refractivity contribution in [3.63, 3.8) is 0 Å². The Morgan fingerprint density at radius 1 is 1.20 bits per heavy atom. The van der Waals surface area contributed by atoms with Gasteiger partial charge in [-0.15, -0.1) is 11.6 Å². The molecule has 6 heteroatoms. The van der Waals surface area contributed by atoms with Crippen LogP contribution in [0.25, 0.3) is 11.1 Å². The summed E-state index contributed by atoms with van der Waals surface area (Å²) in [5.41, 5.74) is 2.38. The van der Waals surface area contributed by atoms with Gasteiger partial charge in [-0.1, -0.05) is 12.1 Å². The van der Waals surface area contributed by atoms with Gasteiger partial charge in [0.05, 0.1) is 15.4 Å². The van der Waals surface area contributed by atoms with Gasteiger partial charge >= 0.3 is 5.76 Å². The number of H-pyrrole nitrogens is 1. The molecule has 2 aromatic carbocycles. The Bertz CT molecular complexity index is 843. The van der Waals surface area contributed by atoms with Crippen LogP contribution < -0.4 is 5.76 Å². The molecule has 1 aromatic heterocycles. The first kappa shape index (κ1) is 13.4. The molecule has 0 aliphatic carbocycles. The highest BCUT2D eigenvalue weighted by Crippen LogP contribution is 2.32. The van der Waals surface area contributed by atoms with Gasteiger partial charge in [0.15, 0.2) is 5.58 Å². The van der Waals surface area contributed by atoms with Gasteiger partial charge in [0, 0.05) is 0 Å². The summed E-state index contributed by atoms with van der Waals surface area (Å²) in [4.78, 5) is 13.7. The molecule has 3 aromatic rings. The van der Waals surface area contributed by atoms with Crippen LogP contribution in [-0.2, 0) is 0 Å². The maximum Gasteiger partial charge on any atom is 0.417 e. The first-order chi connectivity index (χ1) is 9.54. The van der Waals surface area contributed by atoms with Crippen LogP contribution in [0.4, 0.5) is 4.39 Å². The van der Waals surface area contributed by atoms with Crippen LogP contribution >= 0.6 is 27.5 Å². The predicted molar refractivity (Wildman–Crippen MR) is 78.6 cm³/mol. The van der Waals surface area contributed by atoms with Crippen LogP contribution in [-0.4, -0.2) is 4.98 Å². The third-order valence-electron chi connectivity index (χ3n) is 2.97. The largest absolute Gasteiger partial charge is 0.417 e. The molecule has 0 bridgehead atoms. The predicted octanol–water partition coefficient (Wildman–Crippen LogP) is 4.35. The highest BCUT2D eigenvalue weighted by Gasteiger charge is 2.14. The number of halogens is 3. The van der Waals surface area contributed by atoms with Crippen molar-refractivity contribution in [2.75, 3.05) is 0 Å². The third kappa shape index (κ3) is 2.39. The molecular weight excluding hydrogens is 349 g/mol. The Hall–Kier alpha value is -1.59. The molecule has 0 aliphatic heterocycles. The molecule has 0 radical (unpaired) electrons. The van der Waals surface area contributed by atoms with Crippen LogP contribution in [0.5, 0.6) is 0 Å². The second-order valence-corrected chi connectivity index (χ2v) is 5.60. The summed E-state index contributed by atoms with van der Waals surface area (Å²) in [6.07, 6.45) is 0. The summed E-state index contributed by atoms with van der Waals surface area (Å²) in [6.45, 7) is 0. The SMILES string of the molecule is O=c1[nH]c2ccc(C(Cl)c3ccc(Br)c(F)c3)cc2o1. The zero-order valence-electron chi connectivity index (χ0n) is 9.99. The molecule has 1 heterocycles. The zero-order valence-corrected chi connectivity index (χ0v) is 12.3. The zero-order chi connectivity index (χ0) is 14.3. The van der Waals surface area contributed by atoms with Crippen molar-refractivity contribution in [2.45, 2.75) is 5.38 Å². The van der Waals surface area contributed by atoms with Crippen LogP contribution in [0, 0.1) is 5.82 Å². The number of oxazole rings is 1. The fourth-order valence-electron chi connectivity index (χ4n) is 1.98. The lowest BCUT2D eigenvalue weighted by Crippen LogP contribution is -1.94. The van der Waals surface area contributed by atoms with E-state index in [1.807, 2.05) is 0 Å². The Balaban J connectivity index is 2.04. The van der Waals surface area contributed by atoms with Crippen molar-refractivity contribution >= 4 is 38.6 Å². The van der Waals surface area contributed by atoms with Crippen LogP contribution in [0.15, 0.2) is 50.1 Å². The van der Waals surface area contributed by atoms with E-state index in [9.17, 15) is 9.18 Å². The second-order valence-electron chi connectivity index (χ2n) is 4.31. The van der Waals surface area contributed by atoms with Gasteiger partial charge in [-0.3, -0.25) is 4.98 Å². The Morgan fingerprint density at radius 3 is 2.65 bits per heavy atom. The van der Waals surface area contributed by atoms with E-state index in [-0.39, 0.29) is 5.82 Å². The molecule has 0 saturated carbocycles. The lowest BCUT2D eigenvalue weighted by molar-refractivity contribution is 0.555. The number of fused-ring (bicyclic) bond motifs is 1. The maximum atomic E-state index is 13.5. The number of alkyl halides is 1. The smallest absolute Gasteiger partial charge is 0.408 e. The standard InChI is InChI=1S/C14H8BrClFNO2/c15-9-3-1-7(5-10(9)17)13(16)8-2-4-11-12(6-8)20-14(19)18-11/h1-6,13H,(H,18,19). The summed E-state index contributed by atoms with van der Waals surface area (Å²) < 4.78 is 18.9. The van der Waals surface area contributed by atoms with Crippen molar-refractivity contribution in [1.82, 2.24) is 4.98 Å². The molecule has 1 unspecified atom stereocenters. The number of aromatic amines is 1. The minimum Gasteiger partial charge on any atom is -0.408 e. The number of nitrogens with one attached hydrogen (secondary N) is 1. The molecule has 1 N–H and O–H groups in total. The highest BCUT2D eigenvalue weighted by molar-refractivity contribution is 9.10. The number of rotatable bonds is 2. The molecule has 0 spiro atoms. The highest BCUT2D eigenvalue weighted by atomic mass is 79.9. The third-order valence-corrected chi connectivity index (χ3v) is 4.12. The van der Waals surface area contributed by atoms with E-state index in [0.29, 0.717) is 21.1 Å². The van der Waals surface area contributed by atoms with E-state index < -0.39 is 11.1 Å². The molecule has 0 fully saturated rings. The fourth-order valence-corrected chi connectivity index (χ4v) is 2.50. The maximum absolute atomic E-state index is 13.5. The summed E-state index contributed by atoms with van der Waals surface area (Å²) in [5.74, 6) is -0.889. The van der Waals surface area contributed by atoms with Crippen LogP contribution in [0.1, 0.15) is 16.5 Å². The van der Waals surface area contributed by atoms with E-state index in [1.54, 1.807) is 30.3 Å². The van der Waals surface area contributed by atoms with Gasteiger partial charge in [0.2, 0.25) is 0 Å². The number of benzene rings is 2. The van der Waals surface area contributed by atoms with E-state index in [2.05, 4.69) is 20.9 Å². The molecule has 102 valence electrons. The van der Waals surface area contributed by atoms with Gasteiger partial charge in [-0.25, -0.2) is 9.18 Å². The Labute approximate surface area is 126 Å². The fraction of sp³-hybridized carbons (Fsp3) is 0.0714. The van der Waals surface area contributed by atoms with Crippen molar-refractivity contribution in [3.8, 4) is 0 Å². The quantitative estimate of drug-likeness (QED) is 0.694. The summed E-state index contributed by atoms with van der Waals surface area (Å²) >= 11 is 9.45. The van der Waals surface area contributed by atoms with Crippen molar-refractivity contribution in [2.24, 2.45) is 0 Å². The molecule has 0 amide bonds. The second kappa shape index (κ2) is 5.07. The number of hydrogen-bond donors (Lipinski definition) is 1. The molecule has 0 aliphatic rings. The molecular formula is C14H8BrClFNO2. The lowest BCUT2D eigenvalue weighted by atomic mass is 10.0. The molecule has 20 heavy (non-hydrogen) atoms. The summed E-state index contributed by atoms with van der Waals surface area (Å²) in [7, 11) is 0. The average molecular weight is 357 g/mol. The lowest BCUT2D eigenvalue weighted by Gasteiger charge is -2.10. The first-order valence-electron chi connectivity index (χ1n) is 5.76. The van der Waals surface area contributed by atoms with Gasteiger partial charge in [0.25, 0.3) is 0 Å². The van der Waals surface area contributed by atoms with Crippen LogP contribution in [0.3, 0.4) is 0 Å². The van der Waals surface area contributed by atoms with Crippen molar-refractivity contribution < 1.29 is 8.81 Å². The topological polar surface area (TPSA) is 46.0 Å². The molecule has 3 rings (SSSR count). The van der Waals surface area contributed by atoms with Crippen molar-refractivity contribution in [3.05, 3.63) is 68.4 Å². The van der Waals surface area contributed by atoms with E-state index in [4.69, 9.17) is 16.0 Å². The number of hydrogen-bond acceptors (Lipinski definition) is 2. The van der Waals surface area contributed by atoms with Gasteiger partial charge in [-0.05, 0) is 51.3 Å². The van der Waals surface area contributed by atoms with E-state index in [1.165, 1.54) is 6.07 Å². The Morgan fingerprint density at radius 2 is 1.90 bits per heavy atom. The van der Waals surface area contributed by atoms with Gasteiger partial charge in [0.1, 0.15) is 5.82 Å².